The van der Waals surface area contributed by atoms with E-state index in [1.54, 1.807) is 18.2 Å². The van der Waals surface area contributed by atoms with E-state index in [0.717, 1.165) is 18.2 Å². The maximum atomic E-state index is 13.0. The number of anilines is 2. The minimum absolute atomic E-state index is 0.0565. The molecule has 0 spiro atoms. The topological polar surface area (TPSA) is 88.2 Å². The molecule has 2 aromatic carbocycles. The molecule has 0 unspecified atom stereocenters. The van der Waals surface area contributed by atoms with E-state index >= 15 is 0 Å². The second-order valence-electron chi connectivity index (χ2n) is 5.43. The fourth-order valence-electron chi connectivity index (χ4n) is 2.20. The summed E-state index contributed by atoms with van der Waals surface area (Å²) in [7, 11) is -4.09. The van der Waals surface area contributed by atoms with E-state index in [1.165, 1.54) is 30.5 Å². The Hall–Kier alpha value is -2.97. The number of nitrogens with zero attached hydrogens (tertiary/aromatic N) is 1. The number of rotatable bonds is 5. The molecule has 0 atom stereocenters. The normalized spacial score (nSPS) is 11.0. The summed E-state index contributed by atoms with van der Waals surface area (Å²) in [5.41, 5.74) is 0.250. The van der Waals surface area contributed by atoms with Crippen molar-refractivity contribution in [3.8, 4) is 0 Å². The molecule has 1 amide bonds. The number of carbonyl (C=O) groups excluding carboxylic acids is 1. The predicted molar refractivity (Wildman–Crippen MR) is 101 cm³/mol. The summed E-state index contributed by atoms with van der Waals surface area (Å²) in [6.45, 7) is 0. The number of nitrogens with one attached hydrogen (secondary N) is 2. The van der Waals surface area contributed by atoms with E-state index in [1.807, 2.05) is 0 Å². The van der Waals surface area contributed by atoms with Crippen molar-refractivity contribution in [3.05, 3.63) is 83.3 Å². The van der Waals surface area contributed by atoms with Gasteiger partial charge < -0.3 is 5.32 Å². The lowest BCUT2D eigenvalue weighted by molar-refractivity contribution is 0.102. The average Bonchev–Trinajstić information content (AvgIpc) is 2.64. The molecule has 3 rings (SSSR count). The molecule has 0 radical (unpaired) electrons. The van der Waals surface area contributed by atoms with Crippen molar-refractivity contribution >= 4 is 39.0 Å². The number of hydrogen-bond acceptors (Lipinski definition) is 4. The SMILES string of the molecule is O=C(Nc1ccccn1)c1ccc(Cl)c(S(=O)(=O)Nc2ccc(F)cc2)c1. The Morgan fingerprint density at radius 3 is 2.44 bits per heavy atom. The van der Waals surface area contributed by atoms with Gasteiger partial charge in [0.1, 0.15) is 16.5 Å². The smallest absolute Gasteiger partial charge is 0.263 e. The fourth-order valence-corrected chi connectivity index (χ4v) is 3.79. The van der Waals surface area contributed by atoms with Crippen LogP contribution >= 0.6 is 11.6 Å². The molecule has 0 fully saturated rings. The van der Waals surface area contributed by atoms with Crippen LogP contribution in [0.25, 0.3) is 0 Å². The van der Waals surface area contributed by atoms with Crippen molar-refractivity contribution < 1.29 is 17.6 Å². The fraction of sp³-hybridized carbons (Fsp3) is 0. The molecular formula is C18H13ClFN3O3S. The van der Waals surface area contributed by atoms with Crippen LogP contribution in [0.5, 0.6) is 0 Å². The van der Waals surface area contributed by atoms with Gasteiger partial charge in [0.05, 0.1) is 5.02 Å². The molecular weight excluding hydrogens is 393 g/mol. The highest BCUT2D eigenvalue weighted by Crippen LogP contribution is 2.25. The van der Waals surface area contributed by atoms with Crippen molar-refractivity contribution in [1.29, 1.82) is 0 Å². The van der Waals surface area contributed by atoms with Crippen LogP contribution in [0.15, 0.2) is 71.8 Å². The van der Waals surface area contributed by atoms with E-state index in [-0.39, 0.29) is 21.2 Å². The largest absolute Gasteiger partial charge is 0.307 e. The van der Waals surface area contributed by atoms with Crippen LogP contribution in [0, 0.1) is 5.82 Å². The lowest BCUT2D eigenvalue weighted by atomic mass is 10.2. The molecule has 9 heteroatoms. The second kappa shape index (κ2) is 7.73. The monoisotopic (exact) mass is 405 g/mol. The summed E-state index contributed by atoms with van der Waals surface area (Å²) in [6, 6.07) is 13.7. The standard InChI is InChI=1S/C18H13ClFN3O3S/c19-15-9-4-12(18(24)22-17-3-1-2-10-21-17)11-16(15)27(25,26)23-14-7-5-13(20)6-8-14/h1-11,23H,(H,21,22,24). The molecule has 1 aromatic heterocycles. The van der Waals surface area contributed by atoms with Gasteiger partial charge in [-0.25, -0.2) is 17.8 Å². The summed E-state index contributed by atoms with van der Waals surface area (Å²) in [4.78, 5) is 16.1. The molecule has 138 valence electrons. The molecule has 6 nitrogen and oxygen atoms in total. The molecule has 0 aliphatic heterocycles. The summed E-state index contributed by atoms with van der Waals surface area (Å²) in [5.74, 6) is -0.709. The predicted octanol–water partition coefficient (Wildman–Crippen LogP) is 3.93. The van der Waals surface area contributed by atoms with Crippen LogP contribution in [-0.2, 0) is 10.0 Å². The van der Waals surface area contributed by atoms with Gasteiger partial charge in [-0.15, -0.1) is 0 Å². The van der Waals surface area contributed by atoms with E-state index in [9.17, 15) is 17.6 Å². The summed E-state index contributed by atoms with van der Waals surface area (Å²) < 4.78 is 40.5. The van der Waals surface area contributed by atoms with Crippen LogP contribution < -0.4 is 10.0 Å². The molecule has 0 saturated carbocycles. The lowest BCUT2D eigenvalue weighted by Crippen LogP contribution is -2.16. The van der Waals surface area contributed by atoms with Gasteiger partial charge in [-0.2, -0.15) is 0 Å². The highest BCUT2D eigenvalue weighted by molar-refractivity contribution is 7.92. The number of aromatic nitrogens is 1. The van der Waals surface area contributed by atoms with Crippen molar-refractivity contribution in [2.45, 2.75) is 4.90 Å². The lowest BCUT2D eigenvalue weighted by Gasteiger charge is -2.11. The van der Waals surface area contributed by atoms with Gasteiger partial charge in [-0.3, -0.25) is 9.52 Å². The molecule has 2 N–H and O–H groups in total. The number of amides is 1. The minimum atomic E-state index is -4.09. The number of sulfonamides is 1. The quantitative estimate of drug-likeness (QED) is 0.673. The summed E-state index contributed by atoms with van der Waals surface area (Å²) in [6.07, 6.45) is 1.51. The molecule has 1 heterocycles. The Bertz CT molecular complexity index is 1070. The average molecular weight is 406 g/mol. The second-order valence-corrected chi connectivity index (χ2v) is 7.48. The maximum Gasteiger partial charge on any atom is 0.263 e. The van der Waals surface area contributed by atoms with Gasteiger partial charge in [-0.05, 0) is 54.6 Å². The Morgan fingerprint density at radius 1 is 1.04 bits per heavy atom. The van der Waals surface area contributed by atoms with E-state index in [2.05, 4.69) is 15.0 Å². The number of halogens is 2. The van der Waals surface area contributed by atoms with Gasteiger partial charge in [0.2, 0.25) is 0 Å². The van der Waals surface area contributed by atoms with Gasteiger partial charge in [0, 0.05) is 17.4 Å². The molecule has 27 heavy (non-hydrogen) atoms. The van der Waals surface area contributed by atoms with Crippen LogP contribution in [-0.4, -0.2) is 19.3 Å². The van der Waals surface area contributed by atoms with E-state index in [0.29, 0.717) is 5.82 Å². The first-order valence-corrected chi connectivity index (χ1v) is 9.51. The first-order chi connectivity index (χ1) is 12.8. The Morgan fingerprint density at radius 2 is 1.78 bits per heavy atom. The van der Waals surface area contributed by atoms with Crippen LogP contribution in [0.1, 0.15) is 10.4 Å². The number of hydrogen-bond donors (Lipinski definition) is 2. The molecule has 0 aliphatic carbocycles. The van der Waals surface area contributed by atoms with Crippen LogP contribution in [0.2, 0.25) is 5.02 Å². The third-order valence-electron chi connectivity index (χ3n) is 3.49. The van der Waals surface area contributed by atoms with E-state index in [4.69, 9.17) is 11.6 Å². The molecule has 0 bridgehead atoms. The van der Waals surface area contributed by atoms with Gasteiger partial charge >= 0.3 is 0 Å². The minimum Gasteiger partial charge on any atom is -0.307 e. The maximum absolute atomic E-state index is 13.0. The van der Waals surface area contributed by atoms with Gasteiger partial charge in [0.25, 0.3) is 15.9 Å². The third-order valence-corrected chi connectivity index (χ3v) is 5.35. The number of pyridine rings is 1. The van der Waals surface area contributed by atoms with Crippen molar-refractivity contribution in [2.75, 3.05) is 10.0 Å². The summed E-state index contributed by atoms with van der Waals surface area (Å²) in [5, 5.41) is 2.51. The highest BCUT2D eigenvalue weighted by Gasteiger charge is 2.20. The van der Waals surface area contributed by atoms with Crippen molar-refractivity contribution in [3.63, 3.8) is 0 Å². The van der Waals surface area contributed by atoms with Crippen molar-refractivity contribution in [1.82, 2.24) is 4.98 Å². The zero-order chi connectivity index (χ0) is 19.4. The van der Waals surface area contributed by atoms with E-state index < -0.39 is 21.7 Å². The zero-order valence-electron chi connectivity index (χ0n) is 13.7. The Labute approximate surface area is 160 Å². The number of carbonyl (C=O) groups is 1. The molecule has 3 aromatic rings. The van der Waals surface area contributed by atoms with Gasteiger partial charge in [-0.1, -0.05) is 17.7 Å². The highest BCUT2D eigenvalue weighted by atomic mass is 35.5. The van der Waals surface area contributed by atoms with Crippen LogP contribution in [0.3, 0.4) is 0 Å². The van der Waals surface area contributed by atoms with Crippen molar-refractivity contribution in [2.24, 2.45) is 0 Å². The number of benzene rings is 2. The first kappa shape index (κ1) is 18.8. The zero-order valence-corrected chi connectivity index (χ0v) is 15.3. The summed E-state index contributed by atoms with van der Waals surface area (Å²) >= 11 is 6.01. The molecule has 0 saturated heterocycles. The third kappa shape index (κ3) is 4.60. The van der Waals surface area contributed by atoms with Crippen LogP contribution in [0.4, 0.5) is 15.9 Å². The Balaban J connectivity index is 1.88. The van der Waals surface area contributed by atoms with Gasteiger partial charge in [0.15, 0.2) is 0 Å². The Kier molecular flexibility index (Phi) is 5.38. The molecule has 0 aliphatic rings. The first-order valence-electron chi connectivity index (χ1n) is 7.65.